The second kappa shape index (κ2) is 5.59. The summed E-state index contributed by atoms with van der Waals surface area (Å²) in [7, 11) is 0. The normalized spacial score (nSPS) is 13.7. The molecule has 1 aromatic rings. The summed E-state index contributed by atoms with van der Waals surface area (Å²) in [6.45, 7) is 7.42. The number of amidine groups is 1. The average molecular weight is 241 g/mol. The van der Waals surface area contributed by atoms with E-state index in [1.165, 1.54) is 16.8 Å². The first-order valence-electron chi connectivity index (χ1n) is 6.24. The van der Waals surface area contributed by atoms with Crippen LogP contribution in [0.15, 0.2) is 23.2 Å². The summed E-state index contributed by atoms with van der Waals surface area (Å²) in [6.07, 6.45) is 5.48. The predicted octanol–water partition coefficient (Wildman–Crippen LogP) is 1.74. The van der Waals surface area contributed by atoms with Crippen LogP contribution < -0.4 is 10.2 Å². The number of hydrogen-bond acceptors (Lipinski definition) is 3. The number of aryl methyl sites for hydroxylation is 1. The van der Waals surface area contributed by atoms with E-state index in [0.717, 1.165) is 25.5 Å². The van der Waals surface area contributed by atoms with E-state index >= 15 is 0 Å². The summed E-state index contributed by atoms with van der Waals surface area (Å²) in [5.41, 5.74) is 3.77. The van der Waals surface area contributed by atoms with Crippen LogP contribution in [0.5, 0.6) is 0 Å². The summed E-state index contributed by atoms with van der Waals surface area (Å²) >= 11 is 0. The van der Waals surface area contributed by atoms with Crippen molar-refractivity contribution in [1.29, 1.82) is 0 Å². The minimum Gasteiger partial charge on any atom is -0.370 e. The third kappa shape index (κ3) is 2.65. The van der Waals surface area contributed by atoms with Crippen LogP contribution in [0.1, 0.15) is 11.1 Å². The molecular weight excluding hydrogens is 222 g/mol. The largest absolute Gasteiger partial charge is 0.370 e. The molecule has 1 N–H and O–H groups in total. The van der Waals surface area contributed by atoms with Gasteiger partial charge in [0.2, 0.25) is 0 Å². The second-order valence-electron chi connectivity index (χ2n) is 4.53. The third-order valence-corrected chi connectivity index (χ3v) is 3.28. The van der Waals surface area contributed by atoms with Crippen molar-refractivity contribution in [3.63, 3.8) is 0 Å². The highest BCUT2D eigenvalue weighted by Gasteiger charge is 2.13. The molecule has 0 atom stereocenters. The molecule has 0 saturated heterocycles. The molecule has 0 aliphatic carbocycles. The molecule has 3 nitrogen and oxygen atoms in total. The quantitative estimate of drug-likeness (QED) is 0.813. The summed E-state index contributed by atoms with van der Waals surface area (Å²) in [5.74, 6) is 3.76. The van der Waals surface area contributed by atoms with E-state index in [-0.39, 0.29) is 0 Å². The van der Waals surface area contributed by atoms with E-state index in [2.05, 4.69) is 53.2 Å². The molecule has 1 heterocycles. The molecule has 0 spiro atoms. The fourth-order valence-electron chi connectivity index (χ4n) is 2.15. The molecule has 3 heteroatoms. The molecule has 0 bridgehead atoms. The number of rotatable bonds is 4. The molecule has 0 unspecified atom stereocenters. The topological polar surface area (TPSA) is 27.6 Å². The lowest BCUT2D eigenvalue weighted by atomic mass is 10.1. The van der Waals surface area contributed by atoms with Crippen molar-refractivity contribution in [1.82, 2.24) is 5.32 Å². The van der Waals surface area contributed by atoms with Crippen molar-refractivity contribution in [3.8, 4) is 12.3 Å². The second-order valence-corrected chi connectivity index (χ2v) is 4.53. The molecule has 0 aromatic heterocycles. The van der Waals surface area contributed by atoms with E-state index < -0.39 is 0 Å². The van der Waals surface area contributed by atoms with Crippen molar-refractivity contribution in [2.75, 3.05) is 31.1 Å². The number of anilines is 1. The SMILES string of the molecule is C#CCN(CC1=NCCN1)c1cccc(C)c1C. The highest BCUT2D eigenvalue weighted by atomic mass is 15.2. The van der Waals surface area contributed by atoms with Crippen molar-refractivity contribution in [2.45, 2.75) is 13.8 Å². The number of nitrogens with one attached hydrogen (secondary N) is 1. The standard InChI is InChI=1S/C15H19N3/c1-4-10-18(11-15-16-8-9-17-15)14-7-5-6-12(2)13(14)3/h1,5-7H,8-11H2,2-3H3,(H,16,17). The van der Waals surface area contributed by atoms with Gasteiger partial charge in [-0.3, -0.25) is 4.99 Å². The Hall–Kier alpha value is -1.95. The van der Waals surface area contributed by atoms with Gasteiger partial charge in [-0.25, -0.2) is 0 Å². The lowest BCUT2D eigenvalue weighted by Crippen LogP contribution is -2.36. The maximum atomic E-state index is 5.48. The first-order valence-corrected chi connectivity index (χ1v) is 6.24. The molecule has 2 rings (SSSR count). The first-order chi connectivity index (χ1) is 8.72. The van der Waals surface area contributed by atoms with Crippen molar-refractivity contribution < 1.29 is 0 Å². The molecule has 0 radical (unpaired) electrons. The van der Waals surface area contributed by atoms with Crippen LogP contribution in [0.3, 0.4) is 0 Å². The minimum atomic E-state index is 0.602. The van der Waals surface area contributed by atoms with E-state index in [0.29, 0.717) is 6.54 Å². The van der Waals surface area contributed by atoms with Crippen LogP contribution in [-0.4, -0.2) is 32.0 Å². The lowest BCUT2D eigenvalue weighted by molar-refractivity contribution is 0.928. The number of terminal acetylenes is 1. The third-order valence-electron chi connectivity index (χ3n) is 3.28. The Bertz CT molecular complexity index is 497. The molecule has 0 amide bonds. The van der Waals surface area contributed by atoms with Crippen LogP contribution in [-0.2, 0) is 0 Å². The number of hydrogen-bond donors (Lipinski definition) is 1. The summed E-state index contributed by atoms with van der Waals surface area (Å²) in [4.78, 5) is 6.62. The molecule has 0 saturated carbocycles. The summed E-state index contributed by atoms with van der Waals surface area (Å²) in [6, 6.07) is 6.32. The summed E-state index contributed by atoms with van der Waals surface area (Å²) < 4.78 is 0. The van der Waals surface area contributed by atoms with E-state index in [4.69, 9.17) is 6.42 Å². The molecular formula is C15H19N3. The Morgan fingerprint density at radius 3 is 2.94 bits per heavy atom. The minimum absolute atomic E-state index is 0.602. The molecule has 94 valence electrons. The zero-order valence-electron chi connectivity index (χ0n) is 11.0. The van der Waals surface area contributed by atoms with Crippen LogP contribution in [0.4, 0.5) is 5.69 Å². The molecule has 1 aliphatic rings. The maximum absolute atomic E-state index is 5.48. The van der Waals surface area contributed by atoms with Gasteiger partial charge in [0.15, 0.2) is 0 Å². The van der Waals surface area contributed by atoms with Gasteiger partial charge >= 0.3 is 0 Å². The van der Waals surface area contributed by atoms with Crippen LogP contribution in [0, 0.1) is 26.2 Å². The number of aliphatic imine (C=N–C) groups is 1. The van der Waals surface area contributed by atoms with Gasteiger partial charge in [0.05, 0.1) is 19.6 Å². The van der Waals surface area contributed by atoms with Gasteiger partial charge in [-0.1, -0.05) is 18.1 Å². The van der Waals surface area contributed by atoms with Gasteiger partial charge in [-0.15, -0.1) is 6.42 Å². The van der Waals surface area contributed by atoms with Gasteiger partial charge in [-0.05, 0) is 31.0 Å². The van der Waals surface area contributed by atoms with Gasteiger partial charge in [0.25, 0.3) is 0 Å². The van der Waals surface area contributed by atoms with Gasteiger partial charge in [0.1, 0.15) is 5.84 Å². The van der Waals surface area contributed by atoms with E-state index in [1.54, 1.807) is 0 Å². The fourth-order valence-corrected chi connectivity index (χ4v) is 2.15. The molecule has 1 aliphatic heterocycles. The van der Waals surface area contributed by atoms with Crippen LogP contribution in [0.25, 0.3) is 0 Å². The fraction of sp³-hybridized carbons (Fsp3) is 0.400. The highest BCUT2D eigenvalue weighted by molar-refractivity contribution is 5.88. The Morgan fingerprint density at radius 1 is 1.44 bits per heavy atom. The Kier molecular flexibility index (Phi) is 3.88. The van der Waals surface area contributed by atoms with Crippen LogP contribution in [0.2, 0.25) is 0 Å². The number of nitrogens with zero attached hydrogens (tertiary/aromatic N) is 2. The van der Waals surface area contributed by atoms with Crippen molar-refractivity contribution in [2.24, 2.45) is 4.99 Å². The van der Waals surface area contributed by atoms with E-state index in [9.17, 15) is 0 Å². The van der Waals surface area contributed by atoms with E-state index in [1.807, 2.05) is 0 Å². The van der Waals surface area contributed by atoms with Crippen LogP contribution >= 0.6 is 0 Å². The monoisotopic (exact) mass is 241 g/mol. The molecule has 0 fully saturated rings. The Balaban J connectivity index is 2.23. The Morgan fingerprint density at radius 2 is 2.28 bits per heavy atom. The van der Waals surface area contributed by atoms with Crippen molar-refractivity contribution >= 4 is 11.5 Å². The van der Waals surface area contributed by atoms with Gasteiger partial charge in [0, 0.05) is 12.2 Å². The zero-order chi connectivity index (χ0) is 13.0. The summed E-state index contributed by atoms with van der Waals surface area (Å²) in [5, 5.41) is 3.29. The lowest BCUT2D eigenvalue weighted by Gasteiger charge is -2.25. The highest BCUT2D eigenvalue weighted by Crippen LogP contribution is 2.22. The zero-order valence-corrected chi connectivity index (χ0v) is 11.0. The Labute approximate surface area is 109 Å². The number of benzene rings is 1. The van der Waals surface area contributed by atoms with Gasteiger partial charge < -0.3 is 10.2 Å². The smallest absolute Gasteiger partial charge is 0.116 e. The van der Waals surface area contributed by atoms with Gasteiger partial charge in [-0.2, -0.15) is 0 Å². The molecule has 18 heavy (non-hydrogen) atoms. The van der Waals surface area contributed by atoms with Crippen molar-refractivity contribution in [3.05, 3.63) is 29.3 Å². The molecule has 1 aromatic carbocycles. The maximum Gasteiger partial charge on any atom is 0.116 e. The average Bonchev–Trinajstić information content (AvgIpc) is 2.85. The predicted molar refractivity (Wildman–Crippen MR) is 77.3 cm³/mol. The first kappa shape index (κ1) is 12.5.